The number of benzene rings is 1. The number of nitrogens with one attached hydrogen (secondary N) is 1. The van der Waals surface area contributed by atoms with Crippen molar-refractivity contribution in [2.75, 3.05) is 13.7 Å². The molecule has 0 aromatic heterocycles. The molecule has 1 atom stereocenters. The minimum atomic E-state index is -0.352. The van der Waals surface area contributed by atoms with Crippen molar-refractivity contribution in [3.05, 3.63) is 34.9 Å². The number of hydrogen-bond donors (Lipinski definition) is 1. The topological polar surface area (TPSA) is 21.3 Å². The van der Waals surface area contributed by atoms with Gasteiger partial charge in [0, 0.05) is 18.7 Å². The monoisotopic (exact) mass is 297 g/mol. The van der Waals surface area contributed by atoms with Crippen LogP contribution in [0.4, 0.5) is 8.78 Å². The molecule has 1 unspecified atom stereocenters. The summed E-state index contributed by atoms with van der Waals surface area (Å²) in [5.41, 5.74) is 0.574. The summed E-state index contributed by atoms with van der Waals surface area (Å²) in [5, 5.41) is 3.34. The van der Waals surface area contributed by atoms with Crippen LogP contribution < -0.4 is 5.32 Å². The fourth-order valence-electron chi connectivity index (χ4n) is 2.97. The lowest BCUT2D eigenvalue weighted by Gasteiger charge is -2.43. The van der Waals surface area contributed by atoms with Gasteiger partial charge in [0.25, 0.3) is 0 Å². The van der Waals surface area contributed by atoms with Gasteiger partial charge in [0.1, 0.15) is 11.6 Å². The van der Waals surface area contributed by atoms with E-state index >= 15 is 0 Å². The summed E-state index contributed by atoms with van der Waals surface area (Å²) < 4.78 is 33.7. The van der Waals surface area contributed by atoms with Gasteiger partial charge in [0.15, 0.2) is 0 Å². The van der Waals surface area contributed by atoms with Gasteiger partial charge in [-0.25, -0.2) is 8.78 Å². The zero-order valence-corrected chi connectivity index (χ0v) is 13.1. The second-order valence-corrected chi connectivity index (χ2v) is 6.07. The minimum Gasteiger partial charge on any atom is -0.378 e. The van der Waals surface area contributed by atoms with Crippen molar-refractivity contribution in [2.24, 2.45) is 0 Å². The van der Waals surface area contributed by atoms with Crippen molar-refractivity contribution in [1.82, 2.24) is 5.32 Å². The predicted molar refractivity (Wildman–Crippen MR) is 80.3 cm³/mol. The molecule has 0 spiro atoms. The minimum absolute atomic E-state index is 0.181. The normalized spacial score (nSPS) is 18.3. The van der Waals surface area contributed by atoms with Gasteiger partial charge in [-0.05, 0) is 63.3 Å². The summed E-state index contributed by atoms with van der Waals surface area (Å²) in [4.78, 5) is 0. The van der Waals surface area contributed by atoms with Crippen molar-refractivity contribution < 1.29 is 13.5 Å². The van der Waals surface area contributed by atoms with Crippen LogP contribution in [-0.4, -0.2) is 19.3 Å². The number of methoxy groups -OCH3 is 1. The van der Waals surface area contributed by atoms with Gasteiger partial charge in [0.05, 0.1) is 5.60 Å². The summed E-state index contributed by atoms with van der Waals surface area (Å²) in [6, 6.07) is 2.41. The van der Waals surface area contributed by atoms with E-state index in [9.17, 15) is 8.78 Å². The maximum atomic E-state index is 14.3. The van der Waals surface area contributed by atoms with Crippen LogP contribution in [0.1, 0.15) is 56.2 Å². The van der Waals surface area contributed by atoms with Gasteiger partial charge in [-0.2, -0.15) is 0 Å². The second-order valence-electron chi connectivity index (χ2n) is 6.07. The van der Waals surface area contributed by atoms with Gasteiger partial charge in [-0.3, -0.25) is 0 Å². The first kappa shape index (κ1) is 16.4. The molecule has 0 saturated heterocycles. The molecule has 1 fully saturated rings. The zero-order chi connectivity index (χ0) is 15.5. The van der Waals surface area contributed by atoms with Crippen molar-refractivity contribution in [3.8, 4) is 0 Å². The van der Waals surface area contributed by atoms with Gasteiger partial charge in [-0.15, -0.1) is 0 Å². The third-order valence-electron chi connectivity index (χ3n) is 4.57. The lowest BCUT2D eigenvalue weighted by Crippen LogP contribution is -2.43. The molecule has 0 radical (unpaired) electrons. The SMILES string of the molecule is CCCNC(CC1(OC)CCC1)c1cc(F)c(C)cc1F. The highest BCUT2D eigenvalue weighted by atomic mass is 19.1. The molecule has 4 heteroatoms. The Balaban J connectivity index is 2.25. The maximum absolute atomic E-state index is 14.3. The number of aryl methyl sites for hydroxylation is 1. The summed E-state index contributed by atoms with van der Waals surface area (Å²) in [5.74, 6) is -0.692. The van der Waals surface area contributed by atoms with Gasteiger partial charge >= 0.3 is 0 Å². The van der Waals surface area contributed by atoms with Crippen molar-refractivity contribution in [1.29, 1.82) is 0 Å². The van der Waals surface area contributed by atoms with E-state index in [2.05, 4.69) is 12.2 Å². The standard InChI is InChI=1S/C17H25F2NO/c1-4-8-20-16(11-17(21-3)6-5-7-17)13-10-14(18)12(2)9-15(13)19/h9-10,16,20H,4-8,11H2,1-3H3. The summed E-state index contributed by atoms with van der Waals surface area (Å²) in [6.45, 7) is 4.42. The Bertz CT molecular complexity index is 480. The Morgan fingerprint density at radius 3 is 2.52 bits per heavy atom. The number of rotatable bonds is 7. The Labute approximate surface area is 125 Å². The molecule has 21 heavy (non-hydrogen) atoms. The molecule has 1 aromatic carbocycles. The number of hydrogen-bond acceptors (Lipinski definition) is 2. The highest BCUT2D eigenvalue weighted by Crippen LogP contribution is 2.42. The molecule has 1 N–H and O–H groups in total. The molecule has 0 bridgehead atoms. The molecule has 1 saturated carbocycles. The lowest BCUT2D eigenvalue weighted by atomic mass is 9.74. The molecule has 2 rings (SSSR count). The first-order valence-corrected chi connectivity index (χ1v) is 7.75. The van der Waals surface area contributed by atoms with E-state index in [-0.39, 0.29) is 23.3 Å². The van der Waals surface area contributed by atoms with Crippen LogP contribution in [0.15, 0.2) is 12.1 Å². The Hall–Kier alpha value is -1.00. The zero-order valence-electron chi connectivity index (χ0n) is 13.1. The van der Waals surface area contributed by atoms with E-state index in [0.29, 0.717) is 17.5 Å². The summed E-state index contributed by atoms with van der Waals surface area (Å²) in [6.07, 6.45) is 4.75. The third kappa shape index (κ3) is 3.61. The molecule has 1 aliphatic carbocycles. The van der Waals surface area contributed by atoms with Crippen LogP contribution in [-0.2, 0) is 4.74 Å². The molecule has 2 nitrogen and oxygen atoms in total. The quantitative estimate of drug-likeness (QED) is 0.811. The molecule has 0 heterocycles. The molecular formula is C17H25F2NO. The molecular weight excluding hydrogens is 272 g/mol. The predicted octanol–water partition coefficient (Wildman–Crippen LogP) is 4.27. The van der Waals surface area contributed by atoms with Gasteiger partial charge in [-0.1, -0.05) is 6.92 Å². The first-order valence-electron chi connectivity index (χ1n) is 7.75. The molecule has 1 aromatic rings. The van der Waals surface area contributed by atoms with Crippen molar-refractivity contribution >= 4 is 0 Å². The molecule has 0 aliphatic heterocycles. The first-order chi connectivity index (χ1) is 10.0. The van der Waals surface area contributed by atoms with Crippen LogP contribution in [0.25, 0.3) is 0 Å². The van der Waals surface area contributed by atoms with Crippen LogP contribution in [0.3, 0.4) is 0 Å². The van der Waals surface area contributed by atoms with E-state index in [1.807, 2.05) is 0 Å². The molecule has 0 amide bonds. The van der Waals surface area contributed by atoms with E-state index < -0.39 is 0 Å². The molecule has 1 aliphatic rings. The summed E-state index contributed by atoms with van der Waals surface area (Å²) in [7, 11) is 1.71. The van der Waals surface area contributed by atoms with Gasteiger partial charge < -0.3 is 10.1 Å². The fraction of sp³-hybridized carbons (Fsp3) is 0.647. The van der Waals surface area contributed by atoms with Gasteiger partial charge in [0.2, 0.25) is 0 Å². The average molecular weight is 297 g/mol. The van der Waals surface area contributed by atoms with Crippen LogP contribution in [0.5, 0.6) is 0 Å². The fourth-order valence-corrected chi connectivity index (χ4v) is 2.97. The third-order valence-corrected chi connectivity index (χ3v) is 4.57. The lowest BCUT2D eigenvalue weighted by molar-refractivity contribution is -0.0839. The summed E-state index contributed by atoms with van der Waals surface area (Å²) >= 11 is 0. The van der Waals surface area contributed by atoms with Crippen LogP contribution in [0, 0.1) is 18.6 Å². The average Bonchev–Trinajstić information content (AvgIpc) is 2.42. The van der Waals surface area contributed by atoms with E-state index in [1.165, 1.54) is 12.1 Å². The maximum Gasteiger partial charge on any atom is 0.128 e. The van der Waals surface area contributed by atoms with E-state index in [0.717, 1.165) is 32.2 Å². The number of ether oxygens (including phenoxy) is 1. The van der Waals surface area contributed by atoms with Crippen molar-refractivity contribution in [3.63, 3.8) is 0 Å². The highest BCUT2D eigenvalue weighted by molar-refractivity contribution is 5.28. The largest absolute Gasteiger partial charge is 0.378 e. The Morgan fingerprint density at radius 1 is 1.29 bits per heavy atom. The van der Waals surface area contributed by atoms with E-state index in [1.54, 1.807) is 14.0 Å². The smallest absolute Gasteiger partial charge is 0.128 e. The van der Waals surface area contributed by atoms with Crippen LogP contribution in [0.2, 0.25) is 0 Å². The van der Waals surface area contributed by atoms with Crippen molar-refractivity contribution in [2.45, 2.75) is 57.6 Å². The second kappa shape index (κ2) is 6.84. The van der Waals surface area contributed by atoms with E-state index in [4.69, 9.17) is 4.74 Å². The van der Waals surface area contributed by atoms with Crippen LogP contribution >= 0.6 is 0 Å². The Morgan fingerprint density at radius 2 is 2.00 bits per heavy atom. The Kier molecular flexibility index (Phi) is 5.33. The molecule has 118 valence electrons. The number of halogens is 2. The highest BCUT2D eigenvalue weighted by Gasteiger charge is 2.39.